The van der Waals surface area contributed by atoms with Crippen LogP contribution in [0.2, 0.25) is 0 Å². The van der Waals surface area contributed by atoms with Gasteiger partial charge in [-0.2, -0.15) is 4.31 Å². The van der Waals surface area contributed by atoms with Gasteiger partial charge in [0.25, 0.3) is 0 Å². The molecule has 0 amide bonds. The van der Waals surface area contributed by atoms with Crippen molar-refractivity contribution >= 4 is 20.0 Å². The second kappa shape index (κ2) is 7.55. The van der Waals surface area contributed by atoms with Gasteiger partial charge in [-0.25, -0.2) is 21.6 Å². The highest BCUT2D eigenvalue weighted by molar-refractivity contribution is 7.92. The Balaban J connectivity index is 1.87. The molecule has 0 atom stereocenters. The van der Waals surface area contributed by atoms with E-state index >= 15 is 0 Å². The predicted molar refractivity (Wildman–Crippen MR) is 95.2 cm³/mol. The summed E-state index contributed by atoms with van der Waals surface area (Å²) in [7, 11) is -7.73. The van der Waals surface area contributed by atoms with E-state index in [4.69, 9.17) is 0 Å². The normalized spacial score (nSPS) is 19.8. The number of sulfonamides is 2. The number of nitrogens with one attached hydrogen (secondary N) is 2. The molecule has 0 unspecified atom stereocenters. The van der Waals surface area contributed by atoms with Crippen LogP contribution in [0.25, 0.3) is 0 Å². The van der Waals surface area contributed by atoms with Gasteiger partial charge in [0.1, 0.15) is 9.79 Å². The maximum Gasteiger partial charge on any atom is 0.244 e. The zero-order valence-corrected chi connectivity index (χ0v) is 15.6. The summed E-state index contributed by atoms with van der Waals surface area (Å²) in [5.74, 6) is 0. The Morgan fingerprint density at radius 2 is 1.72 bits per heavy atom. The van der Waals surface area contributed by atoms with Crippen molar-refractivity contribution in [1.82, 2.24) is 14.3 Å². The lowest BCUT2D eigenvalue weighted by Crippen LogP contribution is -2.33. The van der Waals surface area contributed by atoms with Crippen LogP contribution >= 0.6 is 0 Å². The van der Waals surface area contributed by atoms with Crippen LogP contribution in [0.5, 0.6) is 0 Å². The van der Waals surface area contributed by atoms with E-state index in [0.717, 1.165) is 37.9 Å². The standard InChI is InChI=1S/C16H23N3O4S2/c20-24(21,18-13-14-7-9-17-10-8-14)15-5-1-2-6-16(15)25(22,23)19-11-3-4-12-19/h1-2,5-7,17-18H,3-4,8-13H2. The van der Waals surface area contributed by atoms with Gasteiger partial charge in [0.2, 0.25) is 20.0 Å². The third kappa shape index (κ3) is 4.12. The highest BCUT2D eigenvalue weighted by Crippen LogP contribution is 2.26. The molecule has 1 saturated heterocycles. The van der Waals surface area contributed by atoms with E-state index in [1.165, 1.54) is 16.4 Å². The van der Waals surface area contributed by atoms with Gasteiger partial charge in [0.15, 0.2) is 0 Å². The van der Waals surface area contributed by atoms with Crippen molar-refractivity contribution in [2.75, 3.05) is 32.7 Å². The molecule has 7 nitrogen and oxygen atoms in total. The highest BCUT2D eigenvalue weighted by Gasteiger charge is 2.32. The van der Waals surface area contributed by atoms with E-state index in [2.05, 4.69) is 10.0 Å². The third-order valence-electron chi connectivity index (χ3n) is 4.47. The highest BCUT2D eigenvalue weighted by atomic mass is 32.2. The van der Waals surface area contributed by atoms with Crippen molar-refractivity contribution in [3.8, 4) is 0 Å². The summed E-state index contributed by atoms with van der Waals surface area (Å²) in [6, 6.07) is 5.81. The minimum absolute atomic E-state index is 0.149. The van der Waals surface area contributed by atoms with Gasteiger partial charge in [-0.1, -0.05) is 23.8 Å². The van der Waals surface area contributed by atoms with Gasteiger partial charge in [-0.15, -0.1) is 0 Å². The third-order valence-corrected chi connectivity index (χ3v) is 8.01. The molecule has 2 N–H and O–H groups in total. The molecule has 2 aliphatic rings. The zero-order chi connectivity index (χ0) is 17.9. The Kier molecular flexibility index (Phi) is 5.59. The van der Waals surface area contributed by atoms with Gasteiger partial charge in [0.05, 0.1) is 0 Å². The average molecular weight is 386 g/mol. The number of nitrogens with zero attached hydrogens (tertiary/aromatic N) is 1. The fourth-order valence-corrected chi connectivity index (χ4v) is 6.40. The SMILES string of the molecule is O=S(=O)(NCC1=CCNCC1)c1ccccc1S(=O)(=O)N1CCCC1. The Morgan fingerprint density at radius 1 is 1.04 bits per heavy atom. The van der Waals surface area contributed by atoms with Gasteiger partial charge >= 0.3 is 0 Å². The second-order valence-electron chi connectivity index (χ2n) is 6.20. The second-order valence-corrected chi connectivity index (χ2v) is 9.84. The van der Waals surface area contributed by atoms with E-state index in [-0.39, 0.29) is 16.3 Å². The van der Waals surface area contributed by atoms with Crippen molar-refractivity contribution in [2.24, 2.45) is 0 Å². The monoisotopic (exact) mass is 385 g/mol. The van der Waals surface area contributed by atoms with Crippen LogP contribution in [-0.2, 0) is 20.0 Å². The largest absolute Gasteiger partial charge is 0.313 e. The Labute approximate surface area is 149 Å². The maximum absolute atomic E-state index is 12.8. The molecule has 1 fully saturated rings. The van der Waals surface area contributed by atoms with E-state index in [1.54, 1.807) is 12.1 Å². The van der Waals surface area contributed by atoms with Crippen molar-refractivity contribution in [2.45, 2.75) is 29.1 Å². The minimum atomic E-state index is -3.92. The van der Waals surface area contributed by atoms with Crippen LogP contribution in [-0.4, -0.2) is 53.9 Å². The molecule has 2 aliphatic heterocycles. The first-order valence-corrected chi connectivity index (χ1v) is 11.3. The quantitative estimate of drug-likeness (QED) is 0.702. The molecule has 0 bridgehead atoms. The minimum Gasteiger partial charge on any atom is -0.313 e. The fraction of sp³-hybridized carbons (Fsp3) is 0.500. The lowest BCUT2D eigenvalue weighted by Gasteiger charge is -2.19. The van der Waals surface area contributed by atoms with Crippen LogP contribution in [0.15, 0.2) is 45.7 Å². The van der Waals surface area contributed by atoms with Crippen molar-refractivity contribution in [3.63, 3.8) is 0 Å². The van der Waals surface area contributed by atoms with E-state index in [9.17, 15) is 16.8 Å². The van der Waals surface area contributed by atoms with Crippen LogP contribution in [0.4, 0.5) is 0 Å². The first-order chi connectivity index (χ1) is 11.9. The number of hydrogen-bond donors (Lipinski definition) is 2. The molecular weight excluding hydrogens is 362 g/mol. The molecule has 3 rings (SSSR count). The molecule has 1 aromatic rings. The molecule has 0 saturated carbocycles. The van der Waals surface area contributed by atoms with Crippen molar-refractivity contribution in [1.29, 1.82) is 0 Å². The van der Waals surface area contributed by atoms with Crippen LogP contribution < -0.4 is 10.0 Å². The van der Waals surface area contributed by atoms with E-state index in [1.807, 2.05) is 6.08 Å². The lowest BCUT2D eigenvalue weighted by molar-refractivity contribution is 0.474. The fourth-order valence-electron chi connectivity index (χ4n) is 3.05. The molecule has 0 aromatic heterocycles. The Bertz CT molecular complexity index is 857. The molecule has 2 heterocycles. The molecule has 9 heteroatoms. The van der Waals surface area contributed by atoms with Crippen molar-refractivity contribution in [3.05, 3.63) is 35.9 Å². The summed E-state index contributed by atoms with van der Waals surface area (Å²) >= 11 is 0. The predicted octanol–water partition coefficient (Wildman–Crippen LogP) is 0.669. The van der Waals surface area contributed by atoms with Gasteiger partial charge in [0, 0.05) is 26.2 Å². The van der Waals surface area contributed by atoms with Crippen LogP contribution in [0.1, 0.15) is 19.3 Å². The summed E-state index contributed by atoms with van der Waals surface area (Å²) < 4.78 is 55.0. The smallest absolute Gasteiger partial charge is 0.244 e. The molecular formula is C16H23N3O4S2. The number of rotatable bonds is 6. The topological polar surface area (TPSA) is 95.6 Å². The maximum atomic E-state index is 12.8. The molecule has 0 spiro atoms. The number of benzene rings is 1. The van der Waals surface area contributed by atoms with E-state index < -0.39 is 20.0 Å². The molecule has 0 aliphatic carbocycles. The summed E-state index contributed by atoms with van der Waals surface area (Å²) in [6.45, 7) is 2.60. The van der Waals surface area contributed by atoms with Gasteiger partial charge in [-0.05, 0) is 37.9 Å². The average Bonchev–Trinajstić information content (AvgIpc) is 3.17. The first kappa shape index (κ1) is 18.5. The first-order valence-electron chi connectivity index (χ1n) is 8.39. The van der Waals surface area contributed by atoms with Crippen LogP contribution in [0.3, 0.4) is 0 Å². The van der Waals surface area contributed by atoms with Gasteiger partial charge < -0.3 is 5.32 Å². The van der Waals surface area contributed by atoms with Crippen LogP contribution in [0, 0.1) is 0 Å². The Morgan fingerprint density at radius 3 is 2.36 bits per heavy atom. The lowest BCUT2D eigenvalue weighted by atomic mass is 10.1. The van der Waals surface area contributed by atoms with E-state index in [0.29, 0.717) is 13.1 Å². The molecule has 0 radical (unpaired) electrons. The molecule has 1 aromatic carbocycles. The number of hydrogen-bond acceptors (Lipinski definition) is 5. The summed E-state index contributed by atoms with van der Waals surface area (Å²) in [5.41, 5.74) is 1.00. The van der Waals surface area contributed by atoms with Gasteiger partial charge in [-0.3, -0.25) is 0 Å². The zero-order valence-electron chi connectivity index (χ0n) is 13.9. The molecule has 25 heavy (non-hydrogen) atoms. The Hall–Kier alpha value is -1.26. The van der Waals surface area contributed by atoms with Crippen molar-refractivity contribution < 1.29 is 16.8 Å². The summed E-state index contributed by atoms with van der Waals surface area (Å²) in [5, 5.41) is 3.17. The summed E-state index contributed by atoms with van der Waals surface area (Å²) in [6.07, 6.45) is 4.33. The molecule has 138 valence electrons. The summed E-state index contributed by atoms with van der Waals surface area (Å²) in [4.78, 5) is -0.333.